The van der Waals surface area contributed by atoms with Crippen molar-refractivity contribution in [1.29, 1.82) is 0 Å². The van der Waals surface area contributed by atoms with Gasteiger partial charge in [-0.2, -0.15) is 0 Å². The molecule has 1 aromatic heterocycles. The summed E-state index contributed by atoms with van der Waals surface area (Å²) in [6, 6.07) is 3.43. The number of fused-ring (bicyclic) bond motifs is 2. The Morgan fingerprint density at radius 2 is 1.89 bits per heavy atom. The number of hydrogen-bond acceptors (Lipinski definition) is 3. The van der Waals surface area contributed by atoms with Crippen LogP contribution in [0.15, 0.2) is 18.2 Å². The van der Waals surface area contributed by atoms with E-state index in [1.54, 1.807) is 0 Å². The molecule has 27 heavy (non-hydrogen) atoms. The lowest BCUT2D eigenvalue weighted by atomic mass is 9.86. The summed E-state index contributed by atoms with van der Waals surface area (Å²) in [5.74, 6) is -2.15. The Morgan fingerprint density at radius 3 is 2.67 bits per heavy atom. The molecule has 0 radical (unpaired) electrons. The quantitative estimate of drug-likeness (QED) is 0.891. The Hall–Kier alpha value is -2.34. The highest BCUT2D eigenvalue weighted by Gasteiger charge is 2.29. The maximum absolute atomic E-state index is 13.5. The third-order valence-electron chi connectivity index (χ3n) is 5.56. The van der Waals surface area contributed by atoms with Crippen LogP contribution in [0.5, 0.6) is 0 Å². The molecule has 6 heteroatoms. The van der Waals surface area contributed by atoms with Crippen molar-refractivity contribution in [1.82, 2.24) is 9.88 Å². The van der Waals surface area contributed by atoms with Gasteiger partial charge >= 0.3 is 0 Å². The van der Waals surface area contributed by atoms with E-state index in [4.69, 9.17) is 4.98 Å². The van der Waals surface area contributed by atoms with Crippen molar-refractivity contribution in [2.24, 2.45) is 0 Å². The van der Waals surface area contributed by atoms with Crippen molar-refractivity contribution in [2.45, 2.75) is 45.6 Å². The first-order valence-electron chi connectivity index (χ1n) is 9.59. The lowest BCUT2D eigenvalue weighted by Crippen LogP contribution is -2.34. The molecular weight excluding hydrogens is 348 g/mol. The number of amides is 1. The highest BCUT2D eigenvalue weighted by molar-refractivity contribution is 6.06. The van der Waals surface area contributed by atoms with E-state index in [-0.39, 0.29) is 11.6 Å². The van der Waals surface area contributed by atoms with Crippen LogP contribution >= 0.6 is 0 Å². The second kappa shape index (κ2) is 7.35. The summed E-state index contributed by atoms with van der Waals surface area (Å²) in [6.07, 6.45) is 4.69. The van der Waals surface area contributed by atoms with E-state index in [9.17, 15) is 13.6 Å². The third kappa shape index (κ3) is 3.46. The van der Waals surface area contributed by atoms with Crippen molar-refractivity contribution in [2.75, 3.05) is 18.4 Å². The van der Waals surface area contributed by atoms with Gasteiger partial charge in [0.2, 0.25) is 0 Å². The number of halogens is 2. The number of aromatic nitrogens is 1. The summed E-state index contributed by atoms with van der Waals surface area (Å²) in [5, 5.41) is 2.77. The van der Waals surface area contributed by atoms with E-state index in [0.717, 1.165) is 79.8 Å². The molecule has 142 valence electrons. The van der Waals surface area contributed by atoms with Crippen LogP contribution in [0.1, 0.15) is 52.6 Å². The Kier molecular flexibility index (Phi) is 4.91. The largest absolute Gasteiger partial charge is 0.322 e. The van der Waals surface area contributed by atoms with Crippen LogP contribution in [-0.4, -0.2) is 28.9 Å². The van der Waals surface area contributed by atoms with Gasteiger partial charge in [0, 0.05) is 48.2 Å². The Morgan fingerprint density at radius 1 is 1.11 bits per heavy atom. The maximum Gasteiger partial charge on any atom is 0.256 e. The minimum atomic E-state index is -0.969. The number of hydrogen-bond donors (Lipinski definition) is 1. The first-order valence-corrected chi connectivity index (χ1v) is 9.59. The van der Waals surface area contributed by atoms with Gasteiger partial charge < -0.3 is 5.32 Å². The molecule has 1 aliphatic carbocycles. The van der Waals surface area contributed by atoms with E-state index in [1.165, 1.54) is 6.07 Å². The van der Waals surface area contributed by atoms with E-state index in [1.807, 2.05) is 0 Å². The topological polar surface area (TPSA) is 45.2 Å². The predicted molar refractivity (Wildman–Crippen MR) is 99.8 cm³/mol. The third-order valence-corrected chi connectivity index (χ3v) is 5.56. The second-order valence-corrected chi connectivity index (χ2v) is 7.25. The Bertz CT molecular complexity index is 897. The summed E-state index contributed by atoms with van der Waals surface area (Å²) in [5.41, 5.74) is 5.01. The number of nitrogens with zero attached hydrogens (tertiary/aromatic N) is 2. The minimum Gasteiger partial charge on any atom is -0.322 e. The number of pyridine rings is 1. The van der Waals surface area contributed by atoms with Crippen molar-refractivity contribution >= 4 is 11.6 Å². The van der Waals surface area contributed by atoms with Crippen LogP contribution in [0.25, 0.3) is 0 Å². The number of aryl methyl sites for hydroxylation is 1. The molecule has 2 aromatic rings. The molecule has 0 spiro atoms. The molecule has 0 atom stereocenters. The van der Waals surface area contributed by atoms with Gasteiger partial charge in [-0.25, -0.2) is 8.78 Å². The number of anilines is 1. The minimum absolute atomic E-state index is 0.254. The lowest BCUT2D eigenvalue weighted by Gasteiger charge is -2.31. The summed E-state index contributed by atoms with van der Waals surface area (Å²) in [4.78, 5) is 20.4. The van der Waals surface area contributed by atoms with Gasteiger partial charge in [0.1, 0.15) is 0 Å². The highest BCUT2D eigenvalue weighted by atomic mass is 19.2. The van der Waals surface area contributed by atoms with Crippen molar-refractivity contribution < 1.29 is 13.6 Å². The smallest absolute Gasteiger partial charge is 0.256 e. The first kappa shape index (κ1) is 18.0. The van der Waals surface area contributed by atoms with Gasteiger partial charge in [-0.15, -0.1) is 0 Å². The van der Waals surface area contributed by atoms with Crippen LogP contribution in [0, 0.1) is 11.6 Å². The highest BCUT2D eigenvalue weighted by Crippen LogP contribution is 2.31. The molecule has 4 nitrogen and oxygen atoms in total. The van der Waals surface area contributed by atoms with Crippen molar-refractivity contribution in [3.8, 4) is 0 Å². The monoisotopic (exact) mass is 371 g/mol. The molecule has 0 fully saturated rings. The molecule has 0 bridgehead atoms. The van der Waals surface area contributed by atoms with Crippen LogP contribution in [0.2, 0.25) is 0 Å². The SMILES string of the molecule is CCN1CCc2nc3c(c(C(=O)Nc4ccc(F)c(F)c4)c2C1)CCCC3. The molecule has 0 saturated carbocycles. The number of nitrogens with one attached hydrogen (secondary N) is 1. The standard InChI is InChI=1S/C21H23F2N3O/c1-2-26-10-9-19-15(12-26)20(14-5-3-4-6-18(14)25-19)21(27)24-13-7-8-16(22)17(23)11-13/h7-8,11H,2-6,9-10,12H2,1H3,(H,24,27). The first-order chi connectivity index (χ1) is 13.1. The zero-order valence-corrected chi connectivity index (χ0v) is 15.4. The van der Waals surface area contributed by atoms with Gasteiger partial charge in [-0.05, 0) is 49.9 Å². The number of rotatable bonds is 3. The van der Waals surface area contributed by atoms with E-state index < -0.39 is 11.6 Å². The normalized spacial score (nSPS) is 16.6. The van der Waals surface area contributed by atoms with Gasteiger partial charge in [-0.3, -0.25) is 14.7 Å². The fraction of sp³-hybridized carbons (Fsp3) is 0.429. The number of carbonyl (C=O) groups is 1. The molecule has 1 amide bonds. The van der Waals surface area contributed by atoms with Gasteiger partial charge in [0.25, 0.3) is 5.91 Å². The molecule has 1 N–H and O–H groups in total. The van der Waals surface area contributed by atoms with Crippen molar-refractivity contribution in [3.05, 3.63) is 57.9 Å². The zero-order chi connectivity index (χ0) is 19.0. The number of benzene rings is 1. The van der Waals surface area contributed by atoms with Gasteiger partial charge in [0.15, 0.2) is 11.6 Å². The van der Waals surface area contributed by atoms with Crippen LogP contribution in [0.4, 0.5) is 14.5 Å². The molecule has 0 unspecified atom stereocenters. The van der Waals surface area contributed by atoms with E-state index >= 15 is 0 Å². The maximum atomic E-state index is 13.5. The number of carbonyl (C=O) groups excluding carboxylic acids is 1. The molecule has 0 saturated heterocycles. The lowest BCUT2D eigenvalue weighted by molar-refractivity contribution is 0.102. The van der Waals surface area contributed by atoms with Gasteiger partial charge in [-0.1, -0.05) is 6.92 Å². The molecule has 4 rings (SSSR count). The van der Waals surface area contributed by atoms with Crippen LogP contribution < -0.4 is 5.32 Å². The summed E-state index contributed by atoms with van der Waals surface area (Å²) < 4.78 is 26.7. The fourth-order valence-corrected chi connectivity index (χ4v) is 4.09. The molecule has 1 aliphatic heterocycles. The van der Waals surface area contributed by atoms with Crippen LogP contribution in [0.3, 0.4) is 0 Å². The zero-order valence-electron chi connectivity index (χ0n) is 15.4. The molecule has 1 aromatic carbocycles. The fourth-order valence-electron chi connectivity index (χ4n) is 4.09. The molecular formula is C21H23F2N3O. The predicted octanol–water partition coefficient (Wildman–Crippen LogP) is 3.87. The van der Waals surface area contributed by atoms with Gasteiger partial charge in [0.05, 0.1) is 5.56 Å². The number of likely N-dealkylation sites (N-methyl/N-ethyl adjacent to an activating group) is 1. The molecule has 2 heterocycles. The molecule has 2 aliphatic rings. The van der Waals surface area contributed by atoms with E-state index in [0.29, 0.717) is 12.1 Å². The summed E-state index contributed by atoms with van der Waals surface area (Å²) >= 11 is 0. The summed E-state index contributed by atoms with van der Waals surface area (Å²) in [7, 11) is 0. The van der Waals surface area contributed by atoms with Crippen molar-refractivity contribution in [3.63, 3.8) is 0 Å². The Balaban J connectivity index is 1.75. The second-order valence-electron chi connectivity index (χ2n) is 7.25. The van der Waals surface area contributed by atoms with E-state index in [2.05, 4.69) is 17.1 Å². The Labute approximate surface area is 157 Å². The average molecular weight is 371 g/mol. The van der Waals surface area contributed by atoms with Crippen LogP contribution in [-0.2, 0) is 25.8 Å². The average Bonchev–Trinajstić information content (AvgIpc) is 2.68. The summed E-state index contributed by atoms with van der Waals surface area (Å²) in [6.45, 7) is 4.67.